The molecule has 126 valence electrons. The molecule has 2 aromatic carbocycles. The molecule has 0 atom stereocenters. The Kier molecular flexibility index (Phi) is 4.97. The fourth-order valence-corrected chi connectivity index (χ4v) is 3.54. The zero-order valence-electron chi connectivity index (χ0n) is 14.0. The first-order valence-corrected chi connectivity index (χ1v) is 8.66. The molecule has 3 rings (SSSR count). The quantitative estimate of drug-likeness (QED) is 0.672. The summed E-state index contributed by atoms with van der Waals surface area (Å²) >= 11 is 1.66. The number of para-hydroxylation sites is 1. The summed E-state index contributed by atoms with van der Waals surface area (Å²) in [6.07, 6.45) is 0. The highest BCUT2D eigenvalue weighted by atomic mass is 32.2. The minimum atomic E-state index is -0.0587. The third-order valence-corrected chi connectivity index (χ3v) is 4.79. The third kappa shape index (κ3) is 3.34. The van der Waals surface area contributed by atoms with Gasteiger partial charge < -0.3 is 19.7 Å². The van der Waals surface area contributed by atoms with Crippen molar-refractivity contribution in [2.45, 2.75) is 17.5 Å². The molecule has 1 aromatic heterocycles. The SMILES string of the molecule is COc1cc2nc(SCc3ccccc3N(C)C)[nH]c2cc1CO. The number of imidazole rings is 1. The summed E-state index contributed by atoms with van der Waals surface area (Å²) in [5.41, 5.74) is 4.98. The maximum atomic E-state index is 9.43. The van der Waals surface area contributed by atoms with Gasteiger partial charge in [-0.05, 0) is 17.7 Å². The predicted molar refractivity (Wildman–Crippen MR) is 98.9 cm³/mol. The largest absolute Gasteiger partial charge is 0.496 e. The number of rotatable bonds is 6. The molecule has 0 spiro atoms. The summed E-state index contributed by atoms with van der Waals surface area (Å²) in [4.78, 5) is 10.0. The fourth-order valence-electron chi connectivity index (χ4n) is 2.66. The van der Waals surface area contributed by atoms with Crippen LogP contribution < -0.4 is 9.64 Å². The minimum Gasteiger partial charge on any atom is -0.496 e. The van der Waals surface area contributed by atoms with Crippen LogP contribution in [0, 0.1) is 0 Å². The highest BCUT2D eigenvalue weighted by Crippen LogP contribution is 2.30. The van der Waals surface area contributed by atoms with E-state index in [2.05, 4.69) is 33.1 Å². The van der Waals surface area contributed by atoms with Gasteiger partial charge >= 0.3 is 0 Å². The number of anilines is 1. The summed E-state index contributed by atoms with van der Waals surface area (Å²) in [7, 11) is 5.70. The van der Waals surface area contributed by atoms with Gasteiger partial charge in [0, 0.05) is 37.2 Å². The van der Waals surface area contributed by atoms with E-state index < -0.39 is 0 Å². The fraction of sp³-hybridized carbons (Fsp3) is 0.278. The van der Waals surface area contributed by atoms with Gasteiger partial charge in [0.25, 0.3) is 0 Å². The number of nitrogens with zero attached hydrogens (tertiary/aromatic N) is 2. The van der Waals surface area contributed by atoms with Crippen molar-refractivity contribution in [1.29, 1.82) is 0 Å². The maximum absolute atomic E-state index is 9.43. The Morgan fingerprint density at radius 3 is 2.71 bits per heavy atom. The molecule has 3 aromatic rings. The Morgan fingerprint density at radius 2 is 2.00 bits per heavy atom. The predicted octanol–water partition coefficient (Wildman–Crippen LogP) is 3.42. The summed E-state index contributed by atoms with van der Waals surface area (Å²) in [6, 6.07) is 12.1. The van der Waals surface area contributed by atoms with Gasteiger partial charge in [0.1, 0.15) is 5.75 Å². The van der Waals surface area contributed by atoms with Gasteiger partial charge in [-0.15, -0.1) is 0 Å². The van der Waals surface area contributed by atoms with Crippen LogP contribution in [0.2, 0.25) is 0 Å². The molecule has 6 heteroatoms. The molecule has 0 aliphatic heterocycles. The number of aliphatic hydroxyl groups is 1. The second-order valence-electron chi connectivity index (χ2n) is 5.69. The van der Waals surface area contributed by atoms with Crippen molar-refractivity contribution in [2.75, 3.05) is 26.1 Å². The average molecular weight is 343 g/mol. The van der Waals surface area contributed by atoms with Gasteiger partial charge in [-0.1, -0.05) is 30.0 Å². The monoisotopic (exact) mass is 343 g/mol. The molecule has 0 amide bonds. The summed E-state index contributed by atoms with van der Waals surface area (Å²) < 4.78 is 5.30. The van der Waals surface area contributed by atoms with E-state index in [-0.39, 0.29) is 6.61 Å². The van der Waals surface area contributed by atoms with Gasteiger partial charge in [0.2, 0.25) is 0 Å². The topological polar surface area (TPSA) is 61.4 Å². The Labute approximate surface area is 145 Å². The van der Waals surface area contributed by atoms with Crippen molar-refractivity contribution in [3.8, 4) is 5.75 Å². The molecular formula is C18H21N3O2S. The molecule has 24 heavy (non-hydrogen) atoms. The van der Waals surface area contributed by atoms with Crippen molar-refractivity contribution < 1.29 is 9.84 Å². The summed E-state index contributed by atoms with van der Waals surface area (Å²) in [5.74, 6) is 1.49. The van der Waals surface area contributed by atoms with Crippen LogP contribution in [0.1, 0.15) is 11.1 Å². The van der Waals surface area contributed by atoms with E-state index in [0.717, 1.165) is 27.5 Å². The van der Waals surface area contributed by atoms with Gasteiger partial charge in [-0.25, -0.2) is 4.98 Å². The first kappa shape index (κ1) is 16.7. The van der Waals surface area contributed by atoms with E-state index in [1.807, 2.05) is 32.3 Å². The lowest BCUT2D eigenvalue weighted by Gasteiger charge is -2.16. The first-order chi connectivity index (χ1) is 11.6. The van der Waals surface area contributed by atoms with Crippen LogP contribution in [-0.4, -0.2) is 36.3 Å². The Bertz CT molecular complexity index is 804. The van der Waals surface area contributed by atoms with Crippen LogP contribution in [0.3, 0.4) is 0 Å². The number of aromatic nitrogens is 2. The van der Waals surface area contributed by atoms with E-state index >= 15 is 0 Å². The van der Waals surface area contributed by atoms with Crippen LogP contribution in [0.4, 0.5) is 5.69 Å². The number of hydrogen-bond acceptors (Lipinski definition) is 5. The van der Waals surface area contributed by atoms with Gasteiger partial charge in [0.15, 0.2) is 5.16 Å². The number of H-pyrrole nitrogens is 1. The number of methoxy groups -OCH3 is 1. The minimum absolute atomic E-state index is 0.0587. The second-order valence-corrected chi connectivity index (χ2v) is 6.66. The van der Waals surface area contributed by atoms with E-state index in [1.54, 1.807) is 18.9 Å². The molecule has 5 nitrogen and oxygen atoms in total. The highest BCUT2D eigenvalue weighted by molar-refractivity contribution is 7.98. The number of ether oxygens (including phenoxy) is 1. The van der Waals surface area contributed by atoms with E-state index in [4.69, 9.17) is 4.74 Å². The lowest BCUT2D eigenvalue weighted by atomic mass is 10.2. The summed E-state index contributed by atoms with van der Waals surface area (Å²) in [6.45, 7) is -0.0587. The van der Waals surface area contributed by atoms with E-state index in [0.29, 0.717) is 5.75 Å². The zero-order valence-corrected chi connectivity index (χ0v) is 14.9. The number of hydrogen-bond donors (Lipinski definition) is 2. The van der Waals surface area contributed by atoms with Crippen LogP contribution in [-0.2, 0) is 12.4 Å². The number of aromatic amines is 1. The molecule has 0 radical (unpaired) electrons. The Hall–Kier alpha value is -2.18. The molecule has 1 heterocycles. The molecule has 0 unspecified atom stereocenters. The number of fused-ring (bicyclic) bond motifs is 1. The van der Waals surface area contributed by atoms with Crippen LogP contribution in [0.25, 0.3) is 11.0 Å². The number of nitrogens with one attached hydrogen (secondary N) is 1. The van der Waals surface area contributed by atoms with Crippen molar-refractivity contribution in [3.05, 3.63) is 47.5 Å². The molecular weight excluding hydrogens is 322 g/mol. The number of aliphatic hydroxyl groups excluding tert-OH is 1. The lowest BCUT2D eigenvalue weighted by Crippen LogP contribution is -2.10. The smallest absolute Gasteiger partial charge is 0.166 e. The van der Waals surface area contributed by atoms with Crippen LogP contribution >= 0.6 is 11.8 Å². The van der Waals surface area contributed by atoms with E-state index in [9.17, 15) is 5.11 Å². The standard InChI is InChI=1S/C18H21N3O2S/c1-21(2)16-7-5-4-6-12(16)11-24-18-19-14-8-13(10-22)17(23-3)9-15(14)20-18/h4-9,22H,10-11H2,1-3H3,(H,19,20). The zero-order chi connectivity index (χ0) is 17.1. The molecule has 0 fully saturated rings. The molecule has 0 aliphatic carbocycles. The maximum Gasteiger partial charge on any atom is 0.166 e. The summed E-state index contributed by atoms with van der Waals surface area (Å²) in [5, 5.41) is 10.3. The molecule has 0 aliphatic rings. The number of benzene rings is 2. The first-order valence-electron chi connectivity index (χ1n) is 7.68. The highest BCUT2D eigenvalue weighted by Gasteiger charge is 2.10. The number of thioether (sulfide) groups is 1. The van der Waals surface area contributed by atoms with Gasteiger partial charge in [-0.3, -0.25) is 0 Å². The Balaban J connectivity index is 1.84. The third-order valence-electron chi connectivity index (χ3n) is 3.87. The lowest BCUT2D eigenvalue weighted by molar-refractivity contribution is 0.274. The average Bonchev–Trinajstić information content (AvgIpc) is 3.00. The van der Waals surface area contributed by atoms with Crippen molar-refractivity contribution in [2.24, 2.45) is 0 Å². The molecule has 0 bridgehead atoms. The normalized spacial score (nSPS) is 11.0. The van der Waals surface area contributed by atoms with Gasteiger partial charge in [0.05, 0.1) is 24.8 Å². The van der Waals surface area contributed by atoms with Crippen LogP contribution in [0.15, 0.2) is 41.6 Å². The molecule has 0 saturated carbocycles. The molecule has 2 N–H and O–H groups in total. The van der Waals surface area contributed by atoms with Crippen molar-refractivity contribution >= 4 is 28.5 Å². The van der Waals surface area contributed by atoms with E-state index in [1.165, 1.54) is 11.3 Å². The second kappa shape index (κ2) is 7.15. The molecule has 0 saturated heterocycles. The van der Waals surface area contributed by atoms with Crippen molar-refractivity contribution in [3.63, 3.8) is 0 Å². The van der Waals surface area contributed by atoms with Crippen LogP contribution in [0.5, 0.6) is 5.75 Å². The Morgan fingerprint density at radius 1 is 1.21 bits per heavy atom. The van der Waals surface area contributed by atoms with Crippen molar-refractivity contribution in [1.82, 2.24) is 9.97 Å². The van der Waals surface area contributed by atoms with Gasteiger partial charge in [-0.2, -0.15) is 0 Å².